The van der Waals surface area contributed by atoms with Gasteiger partial charge in [-0.15, -0.1) is 0 Å². The number of nitrogens with one attached hydrogen (secondary N) is 1. The maximum Gasteiger partial charge on any atom is 0.222 e. The first-order valence-electron chi connectivity index (χ1n) is 7.05. The van der Waals surface area contributed by atoms with Gasteiger partial charge in [0.1, 0.15) is 5.52 Å². The molecule has 0 bridgehead atoms. The van der Waals surface area contributed by atoms with Crippen molar-refractivity contribution in [3.8, 4) is 0 Å². The highest BCUT2D eigenvalue weighted by Crippen LogP contribution is 2.26. The average molecular weight is 272 g/mol. The Labute approximate surface area is 118 Å². The molecule has 0 aromatic carbocycles. The minimum atomic E-state index is 0.315. The van der Waals surface area contributed by atoms with Crippen molar-refractivity contribution in [2.24, 2.45) is 0 Å². The van der Waals surface area contributed by atoms with Gasteiger partial charge in [0, 0.05) is 25.3 Å². The molecule has 1 aliphatic heterocycles. The molecule has 20 heavy (non-hydrogen) atoms. The van der Waals surface area contributed by atoms with E-state index >= 15 is 0 Å². The van der Waals surface area contributed by atoms with Crippen LogP contribution in [0, 0.1) is 0 Å². The van der Waals surface area contributed by atoms with E-state index in [0.29, 0.717) is 12.0 Å². The van der Waals surface area contributed by atoms with Gasteiger partial charge >= 0.3 is 0 Å². The highest BCUT2D eigenvalue weighted by molar-refractivity contribution is 5.87. The molecule has 0 aliphatic carbocycles. The lowest BCUT2D eigenvalue weighted by Crippen LogP contribution is -2.30. The minimum absolute atomic E-state index is 0.315. The zero-order valence-electron chi connectivity index (χ0n) is 11.9. The highest BCUT2D eigenvalue weighted by atomic mass is 15.3. The van der Waals surface area contributed by atoms with E-state index in [1.807, 2.05) is 13.2 Å². The first kappa shape index (κ1) is 13.1. The van der Waals surface area contributed by atoms with Crippen molar-refractivity contribution in [2.45, 2.75) is 25.8 Å². The molecule has 2 aromatic heterocycles. The first-order chi connectivity index (χ1) is 9.71. The molecule has 1 atom stereocenters. The van der Waals surface area contributed by atoms with Crippen LogP contribution in [0.5, 0.6) is 0 Å². The van der Waals surface area contributed by atoms with E-state index in [1.54, 1.807) is 0 Å². The minimum Gasteiger partial charge on any atom is -0.368 e. The normalized spacial score (nSPS) is 18.9. The van der Waals surface area contributed by atoms with Crippen molar-refractivity contribution in [1.82, 2.24) is 20.3 Å². The summed E-state index contributed by atoms with van der Waals surface area (Å²) in [5.41, 5.74) is 8.70. The number of rotatable bonds is 3. The van der Waals surface area contributed by atoms with E-state index in [4.69, 9.17) is 5.73 Å². The third kappa shape index (κ3) is 2.27. The standard InChI is InChI=1S/C14H20N6/c1-3-9-6-11-12(17-7-9)13(19-14(15)18-11)20-5-4-10(8-20)16-2/h6-7,10,16H,3-5,8H2,1-2H3,(H2,15,18,19)/t10-/m1/s1. The summed E-state index contributed by atoms with van der Waals surface area (Å²) in [7, 11) is 1.99. The van der Waals surface area contributed by atoms with E-state index in [0.717, 1.165) is 48.3 Å². The van der Waals surface area contributed by atoms with Crippen LogP contribution in [0.25, 0.3) is 11.0 Å². The first-order valence-corrected chi connectivity index (χ1v) is 7.05. The number of nitrogen functional groups attached to an aromatic ring is 1. The van der Waals surface area contributed by atoms with Crippen molar-refractivity contribution >= 4 is 22.8 Å². The predicted molar refractivity (Wildman–Crippen MR) is 80.8 cm³/mol. The Morgan fingerprint density at radius 1 is 1.45 bits per heavy atom. The summed E-state index contributed by atoms with van der Waals surface area (Å²) in [4.78, 5) is 15.5. The third-order valence-corrected chi connectivity index (χ3v) is 3.90. The average Bonchev–Trinajstić information content (AvgIpc) is 2.94. The quantitative estimate of drug-likeness (QED) is 0.866. The summed E-state index contributed by atoms with van der Waals surface area (Å²) in [5, 5.41) is 3.31. The molecule has 0 amide bonds. The Morgan fingerprint density at radius 2 is 2.30 bits per heavy atom. The van der Waals surface area contributed by atoms with Crippen LogP contribution in [0.2, 0.25) is 0 Å². The van der Waals surface area contributed by atoms with Gasteiger partial charge in [0.15, 0.2) is 5.82 Å². The molecule has 1 saturated heterocycles. The van der Waals surface area contributed by atoms with E-state index in [-0.39, 0.29) is 0 Å². The third-order valence-electron chi connectivity index (χ3n) is 3.90. The fourth-order valence-electron chi connectivity index (χ4n) is 2.66. The molecule has 0 radical (unpaired) electrons. The maximum atomic E-state index is 5.86. The monoisotopic (exact) mass is 272 g/mol. The topological polar surface area (TPSA) is 80.0 Å². The van der Waals surface area contributed by atoms with Gasteiger partial charge in [-0.05, 0) is 31.5 Å². The number of aryl methyl sites for hydroxylation is 1. The Hall–Kier alpha value is -1.95. The largest absolute Gasteiger partial charge is 0.368 e. The number of hydrogen-bond donors (Lipinski definition) is 2. The van der Waals surface area contributed by atoms with Crippen molar-refractivity contribution in [3.05, 3.63) is 17.8 Å². The van der Waals surface area contributed by atoms with Crippen LogP contribution in [0.15, 0.2) is 12.3 Å². The van der Waals surface area contributed by atoms with Gasteiger partial charge in [0.05, 0.1) is 5.52 Å². The molecule has 0 saturated carbocycles. The summed E-state index contributed by atoms with van der Waals surface area (Å²) in [6.07, 6.45) is 3.94. The molecule has 3 rings (SSSR count). The van der Waals surface area contributed by atoms with Crippen molar-refractivity contribution in [1.29, 1.82) is 0 Å². The lowest BCUT2D eigenvalue weighted by molar-refractivity contribution is 0.616. The van der Waals surface area contributed by atoms with Gasteiger partial charge in [0.2, 0.25) is 5.95 Å². The van der Waals surface area contributed by atoms with Gasteiger partial charge < -0.3 is 16.0 Å². The van der Waals surface area contributed by atoms with Crippen molar-refractivity contribution in [2.75, 3.05) is 30.8 Å². The van der Waals surface area contributed by atoms with Crippen LogP contribution in [0.4, 0.5) is 11.8 Å². The van der Waals surface area contributed by atoms with Crippen LogP contribution in [-0.2, 0) is 6.42 Å². The molecule has 106 valence electrons. The number of likely N-dealkylation sites (N-methyl/N-ethyl adjacent to an activating group) is 1. The lowest BCUT2D eigenvalue weighted by atomic mass is 10.2. The molecule has 0 unspecified atom stereocenters. The Bertz CT molecular complexity index is 626. The molecule has 3 N–H and O–H groups in total. The molecule has 3 heterocycles. The SMILES string of the molecule is CCc1cnc2c(N3CC[C@@H](NC)C3)nc(N)nc2c1. The Kier molecular flexibility index (Phi) is 3.40. The number of aromatic nitrogens is 3. The van der Waals surface area contributed by atoms with Crippen LogP contribution in [-0.4, -0.2) is 41.1 Å². The molecular formula is C14H20N6. The number of fused-ring (bicyclic) bond motifs is 1. The lowest BCUT2D eigenvalue weighted by Gasteiger charge is -2.19. The fraction of sp³-hybridized carbons (Fsp3) is 0.500. The predicted octanol–water partition coefficient (Wildman–Crippen LogP) is 0.968. The van der Waals surface area contributed by atoms with Gasteiger partial charge in [-0.1, -0.05) is 6.92 Å². The van der Waals surface area contributed by atoms with Gasteiger partial charge in [0.25, 0.3) is 0 Å². The second-order valence-electron chi connectivity index (χ2n) is 5.19. The molecule has 6 heteroatoms. The number of anilines is 2. The van der Waals surface area contributed by atoms with E-state index in [9.17, 15) is 0 Å². The highest BCUT2D eigenvalue weighted by Gasteiger charge is 2.24. The van der Waals surface area contributed by atoms with Gasteiger partial charge in [-0.2, -0.15) is 4.98 Å². The van der Waals surface area contributed by atoms with Crippen LogP contribution in [0.3, 0.4) is 0 Å². The molecular weight excluding hydrogens is 252 g/mol. The molecule has 6 nitrogen and oxygen atoms in total. The maximum absolute atomic E-state index is 5.86. The number of pyridine rings is 1. The smallest absolute Gasteiger partial charge is 0.222 e. The van der Waals surface area contributed by atoms with Gasteiger partial charge in [-0.3, -0.25) is 4.98 Å². The second kappa shape index (κ2) is 5.20. The number of hydrogen-bond acceptors (Lipinski definition) is 6. The number of nitrogens with zero attached hydrogens (tertiary/aromatic N) is 4. The second-order valence-corrected chi connectivity index (χ2v) is 5.19. The summed E-state index contributed by atoms with van der Waals surface area (Å²) < 4.78 is 0. The molecule has 1 aliphatic rings. The Balaban J connectivity index is 2.06. The van der Waals surface area contributed by atoms with Crippen molar-refractivity contribution < 1.29 is 0 Å². The van der Waals surface area contributed by atoms with E-state index < -0.39 is 0 Å². The van der Waals surface area contributed by atoms with Crippen LogP contribution in [0.1, 0.15) is 18.9 Å². The molecule has 0 spiro atoms. The molecule has 1 fully saturated rings. The zero-order chi connectivity index (χ0) is 14.1. The van der Waals surface area contributed by atoms with Crippen LogP contribution >= 0.6 is 0 Å². The molecule has 2 aromatic rings. The fourth-order valence-corrected chi connectivity index (χ4v) is 2.66. The Morgan fingerprint density at radius 3 is 3.00 bits per heavy atom. The summed E-state index contributed by atoms with van der Waals surface area (Å²) >= 11 is 0. The van der Waals surface area contributed by atoms with E-state index in [1.165, 1.54) is 0 Å². The summed E-state index contributed by atoms with van der Waals surface area (Å²) in [6, 6.07) is 2.55. The van der Waals surface area contributed by atoms with Crippen molar-refractivity contribution in [3.63, 3.8) is 0 Å². The zero-order valence-corrected chi connectivity index (χ0v) is 11.9. The number of nitrogens with two attached hydrogens (primary N) is 1. The summed E-state index contributed by atoms with van der Waals surface area (Å²) in [5.74, 6) is 1.17. The van der Waals surface area contributed by atoms with E-state index in [2.05, 4.69) is 38.2 Å². The van der Waals surface area contributed by atoms with Crippen LogP contribution < -0.4 is 16.0 Å². The summed E-state index contributed by atoms with van der Waals surface area (Å²) in [6.45, 7) is 4.00. The van der Waals surface area contributed by atoms with Gasteiger partial charge in [-0.25, -0.2) is 4.98 Å².